The minimum Gasteiger partial charge on any atom is -0.481 e. The number of hydrogen-bond acceptors (Lipinski definition) is 2. The molecule has 0 spiro atoms. The summed E-state index contributed by atoms with van der Waals surface area (Å²) < 4.78 is 0. The van der Waals surface area contributed by atoms with Crippen molar-refractivity contribution in [1.82, 2.24) is 4.90 Å². The molecule has 106 valence electrons. The lowest BCUT2D eigenvalue weighted by Gasteiger charge is -2.17. The fourth-order valence-corrected chi connectivity index (χ4v) is 3.28. The van der Waals surface area contributed by atoms with Crippen LogP contribution in [0.15, 0.2) is 24.3 Å². The van der Waals surface area contributed by atoms with E-state index in [-0.39, 0.29) is 11.8 Å². The maximum absolute atomic E-state index is 12.5. The molecule has 1 N–H and O–H groups in total. The first kappa shape index (κ1) is 13.4. The van der Waals surface area contributed by atoms with Crippen LogP contribution in [0.4, 0.5) is 0 Å². The summed E-state index contributed by atoms with van der Waals surface area (Å²) in [6.07, 6.45) is 2.17. The molecule has 4 nitrogen and oxygen atoms in total. The molecule has 1 saturated carbocycles. The molecule has 1 aromatic carbocycles. The molecule has 2 atom stereocenters. The van der Waals surface area contributed by atoms with Gasteiger partial charge in [-0.25, -0.2) is 0 Å². The maximum atomic E-state index is 12.5. The Balaban J connectivity index is 1.80. The average Bonchev–Trinajstić information content (AvgIpc) is 3.17. The number of amides is 1. The molecule has 1 aromatic rings. The Labute approximate surface area is 122 Å². The molecule has 20 heavy (non-hydrogen) atoms. The molecule has 5 heteroatoms. The fraction of sp³-hybridized carbons (Fsp3) is 0.467. The van der Waals surface area contributed by atoms with Crippen molar-refractivity contribution in [3.8, 4) is 0 Å². The highest BCUT2D eigenvalue weighted by atomic mass is 35.5. The smallest absolute Gasteiger partial charge is 0.308 e. The number of benzene rings is 1. The quantitative estimate of drug-likeness (QED) is 0.931. The van der Waals surface area contributed by atoms with Crippen LogP contribution in [0.5, 0.6) is 0 Å². The van der Waals surface area contributed by atoms with E-state index in [1.165, 1.54) is 0 Å². The molecule has 0 aromatic heterocycles. The molecule has 1 aliphatic carbocycles. The third kappa shape index (κ3) is 2.40. The van der Waals surface area contributed by atoms with E-state index in [1.807, 2.05) is 0 Å². The number of halogens is 1. The number of carboxylic acid groups (broad SMARTS) is 1. The predicted octanol–water partition coefficient (Wildman–Crippen LogP) is 2.52. The zero-order chi connectivity index (χ0) is 14.3. The van der Waals surface area contributed by atoms with E-state index in [1.54, 1.807) is 29.2 Å². The fourth-order valence-electron chi connectivity index (χ4n) is 3.06. The van der Waals surface area contributed by atoms with E-state index < -0.39 is 11.9 Å². The largest absolute Gasteiger partial charge is 0.481 e. The highest BCUT2D eigenvalue weighted by Gasteiger charge is 2.47. The van der Waals surface area contributed by atoms with Gasteiger partial charge in [0.05, 0.1) is 16.5 Å². The topological polar surface area (TPSA) is 57.6 Å². The van der Waals surface area contributed by atoms with Crippen LogP contribution in [0.25, 0.3) is 0 Å². The predicted molar refractivity (Wildman–Crippen MR) is 74.7 cm³/mol. The highest BCUT2D eigenvalue weighted by Crippen LogP contribution is 2.44. The molecule has 0 bridgehead atoms. The lowest BCUT2D eigenvalue weighted by atomic mass is 9.92. The lowest BCUT2D eigenvalue weighted by Crippen LogP contribution is -2.30. The van der Waals surface area contributed by atoms with Gasteiger partial charge in [-0.2, -0.15) is 0 Å². The number of rotatable bonds is 3. The summed E-state index contributed by atoms with van der Waals surface area (Å²) in [7, 11) is 0. The molecular formula is C15H16ClNO3. The molecule has 2 aliphatic rings. The molecule has 0 radical (unpaired) electrons. The van der Waals surface area contributed by atoms with Crippen LogP contribution in [-0.2, 0) is 4.79 Å². The number of nitrogens with zero attached hydrogens (tertiary/aromatic N) is 1. The highest BCUT2D eigenvalue weighted by molar-refractivity contribution is 6.33. The molecule has 1 heterocycles. The van der Waals surface area contributed by atoms with Crippen LogP contribution in [0.1, 0.15) is 23.2 Å². The summed E-state index contributed by atoms with van der Waals surface area (Å²) in [6, 6.07) is 6.90. The molecule has 1 saturated heterocycles. The van der Waals surface area contributed by atoms with E-state index in [9.17, 15) is 14.7 Å². The van der Waals surface area contributed by atoms with E-state index in [0.717, 1.165) is 12.8 Å². The molecule has 3 rings (SSSR count). The minimum absolute atomic E-state index is 0.0962. The third-order valence-electron chi connectivity index (χ3n) is 4.30. The van der Waals surface area contributed by atoms with Gasteiger partial charge in [0.2, 0.25) is 0 Å². The Morgan fingerprint density at radius 2 is 1.90 bits per heavy atom. The molecule has 1 amide bonds. The van der Waals surface area contributed by atoms with Crippen LogP contribution in [0.2, 0.25) is 5.02 Å². The van der Waals surface area contributed by atoms with Crippen molar-refractivity contribution in [2.24, 2.45) is 17.8 Å². The van der Waals surface area contributed by atoms with E-state index >= 15 is 0 Å². The molecule has 1 aliphatic heterocycles. The Morgan fingerprint density at radius 3 is 2.50 bits per heavy atom. The summed E-state index contributed by atoms with van der Waals surface area (Å²) >= 11 is 6.04. The molecular weight excluding hydrogens is 278 g/mol. The number of likely N-dealkylation sites (tertiary alicyclic amines) is 1. The average molecular weight is 294 g/mol. The first-order chi connectivity index (χ1) is 9.58. The van der Waals surface area contributed by atoms with Crippen molar-refractivity contribution in [3.05, 3.63) is 34.9 Å². The number of aliphatic carboxylic acids is 1. The van der Waals surface area contributed by atoms with E-state index in [2.05, 4.69) is 0 Å². The third-order valence-corrected chi connectivity index (χ3v) is 4.63. The summed E-state index contributed by atoms with van der Waals surface area (Å²) in [5.41, 5.74) is 0.453. The van der Waals surface area contributed by atoms with Crippen LogP contribution in [-0.4, -0.2) is 35.0 Å². The van der Waals surface area contributed by atoms with Crippen LogP contribution < -0.4 is 0 Å². The lowest BCUT2D eigenvalue weighted by molar-refractivity contribution is -0.142. The Bertz CT molecular complexity index is 556. The van der Waals surface area contributed by atoms with Gasteiger partial charge in [0, 0.05) is 13.1 Å². The zero-order valence-electron chi connectivity index (χ0n) is 11.0. The van der Waals surface area contributed by atoms with Crippen molar-refractivity contribution in [2.45, 2.75) is 12.8 Å². The first-order valence-corrected chi connectivity index (χ1v) is 7.22. The second-order valence-electron chi connectivity index (χ2n) is 5.64. The summed E-state index contributed by atoms with van der Waals surface area (Å²) in [5.74, 6) is -0.825. The number of carboxylic acids is 1. The monoisotopic (exact) mass is 293 g/mol. The van der Waals surface area contributed by atoms with Gasteiger partial charge in [-0.05, 0) is 36.8 Å². The summed E-state index contributed by atoms with van der Waals surface area (Å²) in [4.78, 5) is 25.5. The van der Waals surface area contributed by atoms with Crippen molar-refractivity contribution in [2.75, 3.05) is 13.1 Å². The van der Waals surface area contributed by atoms with Gasteiger partial charge >= 0.3 is 5.97 Å². The SMILES string of the molecule is O=C(O)[C@H]1CN(C(=O)c2ccccc2Cl)C[C@@H]1C1CC1. The van der Waals surface area contributed by atoms with Crippen molar-refractivity contribution in [3.63, 3.8) is 0 Å². The van der Waals surface area contributed by atoms with Gasteiger partial charge < -0.3 is 10.0 Å². The Hall–Kier alpha value is -1.55. The van der Waals surface area contributed by atoms with Crippen LogP contribution in [0, 0.1) is 17.8 Å². The molecule has 0 unspecified atom stereocenters. The van der Waals surface area contributed by atoms with Gasteiger partial charge in [-0.15, -0.1) is 0 Å². The zero-order valence-corrected chi connectivity index (χ0v) is 11.7. The van der Waals surface area contributed by atoms with Gasteiger partial charge in [-0.1, -0.05) is 23.7 Å². The van der Waals surface area contributed by atoms with Crippen molar-refractivity contribution in [1.29, 1.82) is 0 Å². The van der Waals surface area contributed by atoms with Crippen LogP contribution in [0.3, 0.4) is 0 Å². The second-order valence-corrected chi connectivity index (χ2v) is 6.04. The van der Waals surface area contributed by atoms with Crippen molar-refractivity contribution >= 4 is 23.5 Å². The van der Waals surface area contributed by atoms with Gasteiger partial charge in [-0.3, -0.25) is 9.59 Å². The number of hydrogen-bond donors (Lipinski definition) is 1. The van der Waals surface area contributed by atoms with Crippen LogP contribution >= 0.6 is 11.6 Å². The molecule has 2 fully saturated rings. The summed E-state index contributed by atoms with van der Waals surface area (Å²) in [6.45, 7) is 0.826. The van der Waals surface area contributed by atoms with E-state index in [4.69, 9.17) is 11.6 Å². The first-order valence-electron chi connectivity index (χ1n) is 6.84. The summed E-state index contributed by atoms with van der Waals surface area (Å²) in [5, 5.41) is 9.74. The normalized spacial score (nSPS) is 25.8. The Kier molecular flexibility index (Phi) is 3.42. The van der Waals surface area contributed by atoms with E-state index in [0.29, 0.717) is 29.6 Å². The number of carbonyl (C=O) groups is 2. The van der Waals surface area contributed by atoms with Crippen molar-refractivity contribution < 1.29 is 14.7 Å². The van der Waals surface area contributed by atoms with Gasteiger partial charge in [0.1, 0.15) is 0 Å². The number of carbonyl (C=O) groups excluding carboxylic acids is 1. The Morgan fingerprint density at radius 1 is 1.20 bits per heavy atom. The minimum atomic E-state index is -0.795. The standard InChI is InChI=1S/C15H16ClNO3/c16-13-4-2-1-3-10(13)14(18)17-7-11(9-5-6-9)12(8-17)15(19)20/h1-4,9,11-12H,5-8H2,(H,19,20)/t11-,12+/m1/s1. The second kappa shape index (κ2) is 5.09. The van der Waals surface area contributed by atoms with Gasteiger partial charge in [0.15, 0.2) is 0 Å². The van der Waals surface area contributed by atoms with Gasteiger partial charge in [0.25, 0.3) is 5.91 Å². The maximum Gasteiger partial charge on any atom is 0.308 e.